The molecule has 0 saturated carbocycles. The van der Waals surface area contributed by atoms with Crippen molar-refractivity contribution in [1.29, 1.82) is 0 Å². The number of carbonyl (C=O) groups is 1. The number of ether oxygens (including phenoxy) is 2. The smallest absolute Gasteiger partial charge is 0.228 e. The summed E-state index contributed by atoms with van der Waals surface area (Å²) in [5, 5.41) is 0. The summed E-state index contributed by atoms with van der Waals surface area (Å²) in [4.78, 5) is 21.5. The fourth-order valence-electron chi connectivity index (χ4n) is 3.87. The van der Waals surface area contributed by atoms with E-state index in [9.17, 15) is 4.79 Å². The molecule has 4 heterocycles. The lowest BCUT2D eigenvalue weighted by Gasteiger charge is -2.34. The minimum absolute atomic E-state index is 0.00633. The Bertz CT molecular complexity index is 547. The van der Waals surface area contributed by atoms with Crippen LogP contribution in [0.4, 0.5) is 0 Å². The van der Waals surface area contributed by atoms with Crippen LogP contribution in [-0.2, 0) is 20.8 Å². The van der Waals surface area contributed by atoms with Gasteiger partial charge in [-0.3, -0.25) is 14.7 Å². The number of amides is 1. The Labute approximate surface area is 136 Å². The second kappa shape index (κ2) is 6.55. The van der Waals surface area contributed by atoms with Crippen LogP contribution in [0.3, 0.4) is 0 Å². The highest BCUT2D eigenvalue weighted by molar-refractivity contribution is 5.80. The van der Waals surface area contributed by atoms with Gasteiger partial charge in [-0.15, -0.1) is 0 Å². The molecule has 3 aliphatic rings. The Morgan fingerprint density at radius 3 is 2.91 bits per heavy atom. The van der Waals surface area contributed by atoms with E-state index in [-0.39, 0.29) is 24.0 Å². The predicted octanol–water partition coefficient (Wildman–Crippen LogP) is 0.530. The van der Waals surface area contributed by atoms with Crippen LogP contribution in [-0.4, -0.2) is 72.3 Å². The van der Waals surface area contributed by atoms with Gasteiger partial charge in [0.1, 0.15) is 0 Å². The number of aromatic nitrogens is 1. The van der Waals surface area contributed by atoms with E-state index in [1.165, 1.54) is 0 Å². The van der Waals surface area contributed by atoms with E-state index >= 15 is 0 Å². The Morgan fingerprint density at radius 2 is 2.13 bits per heavy atom. The normalized spacial score (nSPS) is 31.3. The average Bonchev–Trinajstić information content (AvgIpc) is 2.90. The molecule has 0 aliphatic carbocycles. The Hall–Kier alpha value is -1.50. The van der Waals surface area contributed by atoms with Crippen LogP contribution in [0.15, 0.2) is 24.4 Å². The molecule has 0 spiro atoms. The van der Waals surface area contributed by atoms with Crippen LogP contribution in [0.1, 0.15) is 12.1 Å². The summed E-state index contributed by atoms with van der Waals surface area (Å²) in [6, 6.07) is 6.00. The standard InChI is InChI=1S/C17H23N3O3/c21-17(20-5-7-22-8-6-20)15-9-14-11-19(12-16(15)23-14)10-13-3-1-2-4-18-13/h1-4,14-16H,5-12H2/t14-,15-,16+/m0/s1. The molecular weight excluding hydrogens is 294 g/mol. The van der Waals surface area contributed by atoms with E-state index in [0.29, 0.717) is 26.3 Å². The molecule has 3 atom stereocenters. The lowest BCUT2D eigenvalue weighted by Crippen LogP contribution is -2.48. The van der Waals surface area contributed by atoms with Crippen molar-refractivity contribution in [1.82, 2.24) is 14.8 Å². The van der Waals surface area contributed by atoms with Gasteiger partial charge in [0, 0.05) is 38.9 Å². The minimum Gasteiger partial charge on any atom is -0.378 e. The molecule has 124 valence electrons. The first-order chi connectivity index (χ1) is 11.3. The van der Waals surface area contributed by atoms with Gasteiger partial charge in [-0.05, 0) is 18.6 Å². The van der Waals surface area contributed by atoms with Crippen LogP contribution < -0.4 is 0 Å². The number of pyridine rings is 1. The molecule has 3 saturated heterocycles. The lowest BCUT2D eigenvalue weighted by molar-refractivity contribution is -0.142. The van der Waals surface area contributed by atoms with E-state index < -0.39 is 0 Å². The first kappa shape index (κ1) is 15.1. The van der Waals surface area contributed by atoms with Crippen molar-refractivity contribution in [2.45, 2.75) is 25.2 Å². The largest absolute Gasteiger partial charge is 0.378 e. The summed E-state index contributed by atoms with van der Waals surface area (Å²) in [7, 11) is 0. The monoisotopic (exact) mass is 317 g/mol. The number of likely N-dealkylation sites (tertiary alicyclic amines) is 1. The molecule has 0 N–H and O–H groups in total. The molecule has 1 aromatic rings. The molecule has 6 nitrogen and oxygen atoms in total. The molecule has 0 aromatic carbocycles. The quantitative estimate of drug-likeness (QED) is 0.814. The zero-order chi connectivity index (χ0) is 15.6. The molecule has 4 rings (SSSR count). The Morgan fingerprint density at radius 1 is 1.26 bits per heavy atom. The highest BCUT2D eigenvalue weighted by Gasteiger charge is 2.45. The van der Waals surface area contributed by atoms with Crippen LogP contribution >= 0.6 is 0 Å². The summed E-state index contributed by atoms with van der Waals surface area (Å²) in [5.41, 5.74) is 1.07. The molecule has 23 heavy (non-hydrogen) atoms. The van der Waals surface area contributed by atoms with E-state index in [1.807, 2.05) is 29.3 Å². The topological polar surface area (TPSA) is 54.9 Å². The van der Waals surface area contributed by atoms with Gasteiger partial charge in [0.15, 0.2) is 0 Å². The molecule has 2 bridgehead atoms. The van der Waals surface area contributed by atoms with Gasteiger partial charge in [0.2, 0.25) is 5.91 Å². The van der Waals surface area contributed by atoms with Crippen molar-refractivity contribution in [3.63, 3.8) is 0 Å². The molecule has 1 aromatic heterocycles. The van der Waals surface area contributed by atoms with Crippen molar-refractivity contribution in [2.75, 3.05) is 39.4 Å². The predicted molar refractivity (Wildman–Crippen MR) is 83.7 cm³/mol. The molecule has 3 aliphatic heterocycles. The molecule has 1 amide bonds. The van der Waals surface area contributed by atoms with Gasteiger partial charge >= 0.3 is 0 Å². The van der Waals surface area contributed by atoms with E-state index in [0.717, 1.165) is 31.7 Å². The number of hydrogen-bond acceptors (Lipinski definition) is 5. The number of nitrogens with zero attached hydrogens (tertiary/aromatic N) is 3. The third-order valence-electron chi connectivity index (χ3n) is 4.98. The van der Waals surface area contributed by atoms with Gasteiger partial charge in [0.05, 0.1) is 37.0 Å². The minimum atomic E-state index is 0.00633. The average molecular weight is 317 g/mol. The molecule has 0 unspecified atom stereocenters. The maximum atomic E-state index is 12.8. The summed E-state index contributed by atoms with van der Waals surface area (Å²) >= 11 is 0. The Kier molecular flexibility index (Phi) is 4.29. The highest BCUT2D eigenvalue weighted by atomic mass is 16.5. The van der Waals surface area contributed by atoms with Crippen molar-refractivity contribution >= 4 is 5.91 Å². The van der Waals surface area contributed by atoms with Crippen molar-refractivity contribution in [2.24, 2.45) is 5.92 Å². The van der Waals surface area contributed by atoms with Gasteiger partial charge in [-0.1, -0.05) is 6.07 Å². The van der Waals surface area contributed by atoms with E-state index in [1.54, 1.807) is 0 Å². The van der Waals surface area contributed by atoms with Crippen LogP contribution in [0.25, 0.3) is 0 Å². The third kappa shape index (κ3) is 3.24. The zero-order valence-electron chi connectivity index (χ0n) is 13.3. The number of hydrogen-bond donors (Lipinski definition) is 0. The molecule has 0 radical (unpaired) electrons. The number of morpholine rings is 2. The van der Waals surface area contributed by atoms with Gasteiger partial charge in [0.25, 0.3) is 0 Å². The van der Waals surface area contributed by atoms with Crippen molar-refractivity contribution in [3.05, 3.63) is 30.1 Å². The van der Waals surface area contributed by atoms with Crippen LogP contribution in [0, 0.1) is 5.92 Å². The first-order valence-electron chi connectivity index (χ1n) is 8.44. The zero-order valence-corrected chi connectivity index (χ0v) is 13.3. The second-order valence-electron chi connectivity index (χ2n) is 6.59. The molecule has 3 fully saturated rings. The van der Waals surface area contributed by atoms with Crippen LogP contribution in [0.5, 0.6) is 0 Å². The SMILES string of the molecule is O=C([C@H]1C[C@H]2CN(Cc3ccccn3)C[C@H]1O2)N1CCOCC1. The molecular formula is C17H23N3O3. The summed E-state index contributed by atoms with van der Waals surface area (Å²) in [6.45, 7) is 5.26. The maximum Gasteiger partial charge on any atom is 0.228 e. The Balaban J connectivity index is 1.39. The highest BCUT2D eigenvalue weighted by Crippen LogP contribution is 2.33. The van der Waals surface area contributed by atoms with E-state index in [4.69, 9.17) is 9.47 Å². The fourth-order valence-corrected chi connectivity index (χ4v) is 3.87. The van der Waals surface area contributed by atoms with Gasteiger partial charge < -0.3 is 14.4 Å². The molecule has 6 heteroatoms. The number of fused-ring (bicyclic) bond motifs is 2. The first-order valence-corrected chi connectivity index (χ1v) is 8.44. The van der Waals surface area contributed by atoms with Crippen molar-refractivity contribution in [3.8, 4) is 0 Å². The van der Waals surface area contributed by atoms with Crippen molar-refractivity contribution < 1.29 is 14.3 Å². The van der Waals surface area contributed by atoms with E-state index in [2.05, 4.69) is 9.88 Å². The van der Waals surface area contributed by atoms with Gasteiger partial charge in [-0.25, -0.2) is 0 Å². The lowest BCUT2D eigenvalue weighted by atomic mass is 9.98. The summed E-state index contributed by atoms with van der Waals surface area (Å²) in [5.74, 6) is 0.257. The second-order valence-corrected chi connectivity index (χ2v) is 6.59. The third-order valence-corrected chi connectivity index (χ3v) is 4.98. The number of rotatable bonds is 3. The fraction of sp³-hybridized carbons (Fsp3) is 0.647. The maximum absolute atomic E-state index is 12.8. The van der Waals surface area contributed by atoms with Crippen LogP contribution in [0.2, 0.25) is 0 Å². The van der Waals surface area contributed by atoms with Gasteiger partial charge in [-0.2, -0.15) is 0 Å². The summed E-state index contributed by atoms with van der Waals surface area (Å²) < 4.78 is 11.4. The number of carbonyl (C=O) groups excluding carboxylic acids is 1. The summed E-state index contributed by atoms with van der Waals surface area (Å²) in [6.07, 6.45) is 2.87.